The number of likely N-dealkylation sites (tertiary alicyclic amines) is 1. The van der Waals surface area contributed by atoms with Crippen LogP contribution in [0.3, 0.4) is 0 Å². The van der Waals surface area contributed by atoms with E-state index in [0.717, 1.165) is 12.1 Å². The van der Waals surface area contributed by atoms with E-state index in [1.807, 2.05) is 0 Å². The number of rotatable bonds is 6. The number of amides is 4. The molecule has 2 saturated heterocycles. The molecule has 44 heavy (non-hydrogen) atoms. The van der Waals surface area contributed by atoms with E-state index in [1.54, 1.807) is 0 Å². The Morgan fingerprint density at radius 3 is 2.36 bits per heavy atom. The van der Waals surface area contributed by atoms with Gasteiger partial charge >= 0.3 is 12.2 Å². The molecule has 3 heterocycles. The molecule has 0 bridgehead atoms. The molecular formula is C29H26F6N6O3. The number of hydrogen-bond donors (Lipinski definition) is 1. The standard InChI is InChI=1S/C29H26F6N6O3/c1-38-14-27(15-38,29(33,34)35)41(11-16-3-6-18(30)7-4-16)23(42)13-40-25(43)28(36-26(40)44)10-22(31)19-9-17(5-8-21(19)28)20-12-39(2)37-24(20)32/h3-9,12,22H,10-11,13-15H2,1-2H3,(H,36,44)/t22-,28+/m1/s1. The highest BCUT2D eigenvalue weighted by molar-refractivity contribution is 6.10. The molecule has 1 N–H and O–H groups in total. The van der Waals surface area contributed by atoms with Crippen LogP contribution >= 0.6 is 0 Å². The van der Waals surface area contributed by atoms with E-state index in [2.05, 4.69) is 10.4 Å². The number of nitrogens with zero attached hydrogens (tertiary/aromatic N) is 5. The van der Waals surface area contributed by atoms with E-state index in [1.165, 1.54) is 60.2 Å². The number of likely N-dealkylation sites (N-methyl/N-ethyl adjacent to an activating group) is 1. The first kappa shape index (κ1) is 29.7. The predicted octanol–water partition coefficient (Wildman–Crippen LogP) is 3.80. The third-order valence-corrected chi connectivity index (χ3v) is 8.56. The summed E-state index contributed by atoms with van der Waals surface area (Å²) >= 11 is 0. The second kappa shape index (κ2) is 10.1. The van der Waals surface area contributed by atoms with Crippen molar-refractivity contribution in [1.29, 1.82) is 0 Å². The molecule has 2 fully saturated rings. The Labute approximate surface area is 247 Å². The second-order valence-electron chi connectivity index (χ2n) is 11.5. The minimum Gasteiger partial charge on any atom is -0.320 e. The summed E-state index contributed by atoms with van der Waals surface area (Å²) in [5, 5.41) is 6.09. The molecule has 0 saturated carbocycles. The van der Waals surface area contributed by atoms with Crippen LogP contribution < -0.4 is 5.32 Å². The van der Waals surface area contributed by atoms with Crippen LogP contribution in [0.15, 0.2) is 48.7 Å². The van der Waals surface area contributed by atoms with Crippen molar-refractivity contribution in [2.75, 3.05) is 26.7 Å². The molecule has 3 aliphatic rings. The molecule has 0 radical (unpaired) electrons. The van der Waals surface area contributed by atoms with Crippen LogP contribution in [-0.4, -0.2) is 80.7 Å². The first-order valence-corrected chi connectivity index (χ1v) is 13.6. The minimum atomic E-state index is -4.87. The van der Waals surface area contributed by atoms with E-state index in [4.69, 9.17) is 0 Å². The molecule has 4 amide bonds. The van der Waals surface area contributed by atoms with Crippen molar-refractivity contribution in [3.63, 3.8) is 0 Å². The maximum Gasteiger partial charge on any atom is 0.414 e. The third kappa shape index (κ3) is 4.52. The Morgan fingerprint density at radius 2 is 1.77 bits per heavy atom. The lowest BCUT2D eigenvalue weighted by atomic mass is 9.86. The topological polar surface area (TPSA) is 90.8 Å². The van der Waals surface area contributed by atoms with Gasteiger partial charge < -0.3 is 15.1 Å². The fourth-order valence-corrected chi connectivity index (χ4v) is 6.43. The van der Waals surface area contributed by atoms with Crippen molar-refractivity contribution in [2.24, 2.45) is 7.05 Å². The third-order valence-electron chi connectivity index (χ3n) is 8.56. The van der Waals surface area contributed by atoms with Gasteiger partial charge in [-0.15, -0.1) is 5.10 Å². The van der Waals surface area contributed by atoms with Gasteiger partial charge in [-0.25, -0.2) is 13.6 Å². The molecule has 2 aromatic carbocycles. The largest absolute Gasteiger partial charge is 0.414 e. The SMILES string of the molecule is CN1CC(N(Cc2ccc(F)cc2)C(=O)CN2C(=O)N[C@]3(C[C@@H](F)c4cc(-c5cn(C)nc5F)ccc43)C2=O)(C(F)(F)F)C1. The van der Waals surface area contributed by atoms with E-state index in [0.29, 0.717) is 9.80 Å². The molecule has 1 spiro atoms. The number of halogens is 6. The number of benzene rings is 2. The van der Waals surface area contributed by atoms with Gasteiger partial charge in [-0.2, -0.15) is 17.6 Å². The fraction of sp³-hybridized carbons (Fsp3) is 0.379. The number of aryl methyl sites for hydroxylation is 1. The minimum absolute atomic E-state index is 0.0269. The van der Waals surface area contributed by atoms with Crippen molar-refractivity contribution in [3.05, 3.63) is 77.1 Å². The normalized spacial score (nSPS) is 22.7. The molecule has 15 heteroatoms. The van der Waals surface area contributed by atoms with Gasteiger partial charge in [0.25, 0.3) is 5.91 Å². The Balaban J connectivity index is 1.30. The molecule has 6 rings (SSSR count). The molecule has 2 atom stereocenters. The first-order chi connectivity index (χ1) is 20.6. The van der Waals surface area contributed by atoms with Gasteiger partial charge in [0, 0.05) is 39.3 Å². The van der Waals surface area contributed by atoms with Crippen molar-refractivity contribution < 1.29 is 40.7 Å². The lowest BCUT2D eigenvalue weighted by molar-refractivity contribution is -0.268. The van der Waals surface area contributed by atoms with Gasteiger partial charge in [-0.1, -0.05) is 24.3 Å². The van der Waals surface area contributed by atoms with Gasteiger partial charge in [0.2, 0.25) is 11.9 Å². The average molecular weight is 621 g/mol. The lowest BCUT2D eigenvalue weighted by Crippen LogP contribution is -2.77. The fourth-order valence-electron chi connectivity index (χ4n) is 6.43. The Hall–Kier alpha value is -4.40. The Kier molecular flexibility index (Phi) is 6.79. The van der Waals surface area contributed by atoms with Crippen LogP contribution in [0.1, 0.15) is 29.3 Å². The zero-order valence-corrected chi connectivity index (χ0v) is 23.5. The number of alkyl halides is 4. The highest BCUT2D eigenvalue weighted by Crippen LogP contribution is 2.50. The zero-order chi connectivity index (χ0) is 31.8. The van der Waals surface area contributed by atoms with Crippen molar-refractivity contribution in [2.45, 2.75) is 36.4 Å². The Bertz CT molecular complexity index is 1670. The number of carbonyl (C=O) groups excluding carboxylic acids is 3. The summed E-state index contributed by atoms with van der Waals surface area (Å²) in [5.74, 6) is -3.57. The summed E-state index contributed by atoms with van der Waals surface area (Å²) in [6, 6.07) is 7.68. The number of carbonyl (C=O) groups is 3. The molecule has 1 aromatic heterocycles. The second-order valence-corrected chi connectivity index (χ2v) is 11.5. The highest BCUT2D eigenvalue weighted by atomic mass is 19.4. The monoisotopic (exact) mass is 620 g/mol. The number of nitrogens with one attached hydrogen (secondary N) is 1. The smallest absolute Gasteiger partial charge is 0.320 e. The van der Waals surface area contributed by atoms with Gasteiger partial charge in [0.15, 0.2) is 5.54 Å². The number of hydrogen-bond acceptors (Lipinski definition) is 5. The summed E-state index contributed by atoms with van der Waals surface area (Å²) in [4.78, 5) is 42.9. The first-order valence-electron chi connectivity index (χ1n) is 13.6. The van der Waals surface area contributed by atoms with Crippen LogP contribution in [0.2, 0.25) is 0 Å². The lowest BCUT2D eigenvalue weighted by Gasteiger charge is -2.55. The molecule has 232 valence electrons. The molecule has 9 nitrogen and oxygen atoms in total. The summed E-state index contributed by atoms with van der Waals surface area (Å²) in [7, 11) is 2.96. The zero-order valence-electron chi connectivity index (χ0n) is 23.5. The number of fused-ring (bicyclic) bond motifs is 2. The van der Waals surface area contributed by atoms with Crippen LogP contribution in [0, 0.1) is 11.8 Å². The van der Waals surface area contributed by atoms with E-state index in [9.17, 15) is 36.3 Å². The maximum atomic E-state index is 15.4. The van der Waals surface area contributed by atoms with Gasteiger partial charge in [-0.05, 0) is 47.5 Å². The van der Waals surface area contributed by atoms with Crippen molar-refractivity contribution in [3.8, 4) is 11.1 Å². The molecule has 2 aliphatic heterocycles. The maximum absolute atomic E-state index is 15.4. The quantitative estimate of drug-likeness (QED) is 0.335. The predicted molar refractivity (Wildman–Crippen MR) is 142 cm³/mol. The molecule has 1 aliphatic carbocycles. The molecule has 3 aromatic rings. The van der Waals surface area contributed by atoms with Gasteiger partial charge in [0.05, 0.1) is 5.56 Å². The molecule has 0 unspecified atom stereocenters. The molecular weight excluding hydrogens is 594 g/mol. The summed E-state index contributed by atoms with van der Waals surface area (Å²) in [6.45, 7) is -2.71. The highest BCUT2D eigenvalue weighted by Gasteiger charge is 2.66. The van der Waals surface area contributed by atoms with E-state index >= 15 is 4.39 Å². The van der Waals surface area contributed by atoms with Crippen LogP contribution in [-0.2, 0) is 28.7 Å². The number of imide groups is 1. The number of urea groups is 1. The van der Waals surface area contributed by atoms with Gasteiger partial charge in [-0.3, -0.25) is 19.2 Å². The van der Waals surface area contributed by atoms with Crippen molar-refractivity contribution >= 4 is 17.8 Å². The number of aromatic nitrogens is 2. The van der Waals surface area contributed by atoms with Crippen LogP contribution in [0.25, 0.3) is 11.1 Å². The average Bonchev–Trinajstić information content (AvgIpc) is 3.51. The van der Waals surface area contributed by atoms with Crippen LogP contribution in [0.5, 0.6) is 0 Å². The summed E-state index contributed by atoms with van der Waals surface area (Å²) in [5.41, 5.74) is -3.81. The summed E-state index contributed by atoms with van der Waals surface area (Å²) < 4.78 is 87.9. The van der Waals surface area contributed by atoms with Crippen molar-refractivity contribution in [1.82, 2.24) is 29.8 Å². The Morgan fingerprint density at radius 1 is 1.09 bits per heavy atom. The van der Waals surface area contributed by atoms with Crippen LogP contribution in [0.4, 0.5) is 31.1 Å². The van der Waals surface area contributed by atoms with Gasteiger partial charge in [0.1, 0.15) is 24.1 Å². The van der Waals surface area contributed by atoms with E-state index in [-0.39, 0.29) is 27.8 Å². The summed E-state index contributed by atoms with van der Waals surface area (Å²) in [6.07, 6.45) is -5.74. The van der Waals surface area contributed by atoms with E-state index < -0.39 is 85.6 Å².